The highest BCUT2D eigenvalue weighted by atomic mass is 35.5. The van der Waals surface area contributed by atoms with Crippen LogP contribution in [0.15, 0.2) is 35.5 Å². The molecule has 0 saturated carbocycles. The van der Waals surface area contributed by atoms with Gasteiger partial charge in [0.25, 0.3) is 0 Å². The van der Waals surface area contributed by atoms with E-state index in [0.29, 0.717) is 10.0 Å². The van der Waals surface area contributed by atoms with Gasteiger partial charge in [0.05, 0.1) is 21.5 Å². The van der Waals surface area contributed by atoms with Gasteiger partial charge in [-0.3, -0.25) is 4.68 Å². The monoisotopic (exact) mass is 315 g/mol. The smallest absolute Gasteiger partial charge is 0.0603 e. The molecule has 3 nitrogen and oxygen atoms in total. The van der Waals surface area contributed by atoms with E-state index in [0.717, 1.165) is 10.5 Å². The number of hydrogen-bond acceptors (Lipinski definition) is 3. The molecule has 2 atom stereocenters. The zero-order chi connectivity index (χ0) is 14.0. The Morgan fingerprint density at radius 2 is 2.05 bits per heavy atom. The molecule has 2 unspecified atom stereocenters. The lowest BCUT2D eigenvalue weighted by atomic mass is 10.1. The minimum atomic E-state index is 0.00338. The molecular weight excluding hydrogens is 301 g/mol. The number of nitrogens with two attached hydrogens (primary N) is 1. The maximum Gasteiger partial charge on any atom is 0.0603 e. The number of hydrogen-bond donors (Lipinski definition) is 1. The molecule has 0 fully saturated rings. The van der Waals surface area contributed by atoms with E-state index < -0.39 is 0 Å². The zero-order valence-electron chi connectivity index (χ0n) is 10.7. The summed E-state index contributed by atoms with van der Waals surface area (Å²) < 4.78 is 1.78. The van der Waals surface area contributed by atoms with Crippen molar-refractivity contribution in [3.05, 3.63) is 46.2 Å². The third kappa shape index (κ3) is 3.66. The Hall–Kier alpha value is -0.680. The van der Waals surface area contributed by atoms with E-state index in [1.165, 1.54) is 0 Å². The molecule has 0 amide bonds. The number of halogens is 2. The second kappa shape index (κ2) is 6.18. The summed E-state index contributed by atoms with van der Waals surface area (Å²) in [6, 6.07) is 5.61. The number of thioether (sulfide) groups is 1. The normalized spacial score (nSPS) is 14.4. The molecule has 19 heavy (non-hydrogen) atoms. The van der Waals surface area contributed by atoms with Crippen LogP contribution in [0.5, 0.6) is 0 Å². The topological polar surface area (TPSA) is 43.8 Å². The van der Waals surface area contributed by atoms with E-state index in [9.17, 15) is 0 Å². The molecule has 1 aromatic heterocycles. The van der Waals surface area contributed by atoms with Gasteiger partial charge in [0.1, 0.15) is 0 Å². The molecule has 0 aliphatic carbocycles. The molecule has 2 N–H and O–H groups in total. The van der Waals surface area contributed by atoms with Gasteiger partial charge in [-0.05, 0) is 25.1 Å². The van der Waals surface area contributed by atoms with Crippen molar-refractivity contribution >= 4 is 35.0 Å². The number of aryl methyl sites for hydroxylation is 1. The third-order valence-electron chi connectivity index (χ3n) is 2.69. The van der Waals surface area contributed by atoms with Crippen LogP contribution in [0.25, 0.3) is 0 Å². The van der Waals surface area contributed by atoms with Crippen molar-refractivity contribution in [2.45, 2.75) is 23.1 Å². The average Bonchev–Trinajstić information content (AvgIpc) is 2.76. The maximum absolute atomic E-state index is 6.08. The van der Waals surface area contributed by atoms with Gasteiger partial charge in [-0.25, -0.2) is 0 Å². The summed E-state index contributed by atoms with van der Waals surface area (Å²) >= 11 is 13.6. The molecule has 0 radical (unpaired) electrons. The lowest BCUT2D eigenvalue weighted by Gasteiger charge is -2.19. The van der Waals surface area contributed by atoms with Crippen LogP contribution < -0.4 is 5.73 Å². The molecule has 0 saturated heterocycles. The predicted octanol–water partition coefficient (Wildman–Crippen LogP) is 3.91. The van der Waals surface area contributed by atoms with E-state index in [1.807, 2.05) is 38.5 Å². The van der Waals surface area contributed by atoms with E-state index in [-0.39, 0.29) is 11.3 Å². The summed E-state index contributed by atoms with van der Waals surface area (Å²) in [5.41, 5.74) is 7.18. The van der Waals surface area contributed by atoms with Crippen molar-refractivity contribution in [3.63, 3.8) is 0 Å². The van der Waals surface area contributed by atoms with Gasteiger partial charge in [-0.2, -0.15) is 5.10 Å². The van der Waals surface area contributed by atoms with Gasteiger partial charge in [-0.1, -0.05) is 23.2 Å². The van der Waals surface area contributed by atoms with Crippen LogP contribution in [-0.4, -0.2) is 15.8 Å². The van der Waals surface area contributed by atoms with Crippen LogP contribution in [0.1, 0.15) is 17.7 Å². The Kier molecular flexibility index (Phi) is 4.79. The van der Waals surface area contributed by atoms with Crippen molar-refractivity contribution in [3.8, 4) is 0 Å². The highest BCUT2D eigenvalue weighted by molar-refractivity contribution is 7.99. The van der Waals surface area contributed by atoms with Crippen LogP contribution in [0.4, 0.5) is 0 Å². The molecule has 0 spiro atoms. The molecule has 0 bridgehead atoms. The van der Waals surface area contributed by atoms with Crippen molar-refractivity contribution < 1.29 is 0 Å². The Bertz CT molecular complexity index is 569. The van der Waals surface area contributed by atoms with Crippen molar-refractivity contribution in [1.82, 2.24) is 9.78 Å². The first-order valence-corrected chi connectivity index (χ1v) is 7.47. The first-order valence-electron chi connectivity index (χ1n) is 5.83. The van der Waals surface area contributed by atoms with Crippen molar-refractivity contribution in [2.75, 3.05) is 0 Å². The molecular formula is C13H15Cl2N3S. The van der Waals surface area contributed by atoms with Crippen LogP contribution in [0, 0.1) is 0 Å². The molecule has 1 aromatic carbocycles. The number of aromatic nitrogens is 2. The van der Waals surface area contributed by atoms with Gasteiger partial charge < -0.3 is 5.73 Å². The van der Waals surface area contributed by atoms with Crippen LogP contribution in [0.2, 0.25) is 10.0 Å². The Balaban J connectivity index is 2.23. The predicted molar refractivity (Wildman–Crippen MR) is 81.9 cm³/mol. The lowest BCUT2D eigenvalue weighted by Crippen LogP contribution is -2.22. The van der Waals surface area contributed by atoms with Gasteiger partial charge in [0.2, 0.25) is 0 Å². The molecule has 0 aliphatic heterocycles. The Morgan fingerprint density at radius 3 is 2.58 bits per heavy atom. The van der Waals surface area contributed by atoms with E-state index in [2.05, 4.69) is 5.10 Å². The van der Waals surface area contributed by atoms with Crippen LogP contribution in [0.3, 0.4) is 0 Å². The standard InChI is InChI=1S/C13H15Cl2N3S/c1-8(16)13(9-6-17-18(2)7-9)19-10-3-4-11(14)12(15)5-10/h3-8,13H,16H2,1-2H3. The van der Waals surface area contributed by atoms with Crippen LogP contribution >= 0.6 is 35.0 Å². The molecule has 0 aliphatic rings. The molecule has 1 heterocycles. The summed E-state index contributed by atoms with van der Waals surface area (Å²) in [6.45, 7) is 1.99. The third-order valence-corrected chi connectivity index (χ3v) is 4.91. The van der Waals surface area contributed by atoms with Gasteiger partial charge >= 0.3 is 0 Å². The molecule has 6 heteroatoms. The Morgan fingerprint density at radius 1 is 1.32 bits per heavy atom. The highest BCUT2D eigenvalue weighted by Gasteiger charge is 2.19. The largest absolute Gasteiger partial charge is 0.327 e. The maximum atomic E-state index is 6.08. The zero-order valence-corrected chi connectivity index (χ0v) is 13.0. The fourth-order valence-electron chi connectivity index (χ4n) is 1.76. The second-order valence-electron chi connectivity index (χ2n) is 4.42. The van der Waals surface area contributed by atoms with Gasteiger partial charge in [0, 0.05) is 29.7 Å². The van der Waals surface area contributed by atoms with Crippen LogP contribution in [-0.2, 0) is 7.05 Å². The first kappa shape index (κ1) is 14.7. The molecule has 2 aromatic rings. The summed E-state index contributed by atoms with van der Waals surface area (Å²) in [4.78, 5) is 1.04. The minimum absolute atomic E-state index is 0.00338. The van der Waals surface area contributed by atoms with Gasteiger partial charge in [-0.15, -0.1) is 11.8 Å². The van der Waals surface area contributed by atoms with E-state index >= 15 is 0 Å². The van der Waals surface area contributed by atoms with Crippen molar-refractivity contribution in [1.29, 1.82) is 0 Å². The average molecular weight is 316 g/mol. The van der Waals surface area contributed by atoms with Crippen molar-refractivity contribution in [2.24, 2.45) is 12.8 Å². The Labute approximate surface area is 127 Å². The minimum Gasteiger partial charge on any atom is -0.327 e. The first-order chi connectivity index (χ1) is 8.97. The number of benzene rings is 1. The number of nitrogens with zero attached hydrogens (tertiary/aromatic N) is 2. The fourth-order valence-corrected chi connectivity index (χ4v) is 3.22. The summed E-state index contributed by atoms with van der Waals surface area (Å²) in [5, 5.41) is 5.44. The summed E-state index contributed by atoms with van der Waals surface area (Å²) in [7, 11) is 1.89. The number of rotatable bonds is 4. The van der Waals surface area contributed by atoms with E-state index in [1.54, 1.807) is 22.5 Å². The van der Waals surface area contributed by atoms with E-state index in [4.69, 9.17) is 28.9 Å². The lowest BCUT2D eigenvalue weighted by molar-refractivity contribution is 0.718. The fraction of sp³-hybridized carbons (Fsp3) is 0.308. The second-order valence-corrected chi connectivity index (χ2v) is 6.45. The summed E-state index contributed by atoms with van der Waals surface area (Å²) in [5.74, 6) is 0. The SMILES string of the molecule is CC(N)C(Sc1ccc(Cl)c(Cl)c1)c1cnn(C)c1. The quantitative estimate of drug-likeness (QED) is 0.870. The summed E-state index contributed by atoms with van der Waals surface area (Å²) in [6.07, 6.45) is 3.83. The van der Waals surface area contributed by atoms with Gasteiger partial charge in [0.15, 0.2) is 0 Å². The molecule has 102 valence electrons. The highest BCUT2D eigenvalue weighted by Crippen LogP contribution is 2.38. The molecule has 2 rings (SSSR count).